The van der Waals surface area contributed by atoms with Gasteiger partial charge in [0.05, 0.1) is 30.4 Å². The third-order valence-corrected chi connectivity index (χ3v) is 6.13. The van der Waals surface area contributed by atoms with Crippen molar-refractivity contribution in [2.45, 2.75) is 39.5 Å². The Morgan fingerprint density at radius 2 is 1.68 bits per heavy atom. The van der Waals surface area contributed by atoms with Crippen LogP contribution in [0.5, 0.6) is 5.75 Å². The number of nitrogens with zero attached hydrogens (tertiary/aromatic N) is 1. The van der Waals surface area contributed by atoms with Crippen molar-refractivity contribution in [2.75, 3.05) is 7.11 Å². The predicted molar refractivity (Wildman–Crippen MR) is 139 cm³/mol. The highest BCUT2D eigenvalue weighted by Crippen LogP contribution is 2.40. The summed E-state index contributed by atoms with van der Waals surface area (Å²) in [5, 5.41) is 11.3. The van der Waals surface area contributed by atoms with Gasteiger partial charge in [0.2, 0.25) is 0 Å². The summed E-state index contributed by atoms with van der Waals surface area (Å²) in [4.78, 5) is 40.2. The summed E-state index contributed by atoms with van der Waals surface area (Å²) in [7, 11) is 1.51. The number of carbonyl (C=O) groups is 3. The fourth-order valence-electron chi connectivity index (χ4n) is 4.38. The Hall–Kier alpha value is -4.39. The Morgan fingerprint density at radius 3 is 2.32 bits per heavy atom. The number of hydrogen-bond donors (Lipinski definition) is 1. The van der Waals surface area contributed by atoms with Gasteiger partial charge in [-0.2, -0.15) is 0 Å². The first-order valence-electron chi connectivity index (χ1n) is 12.0. The van der Waals surface area contributed by atoms with Crippen LogP contribution in [0.2, 0.25) is 0 Å². The molecule has 3 aromatic rings. The van der Waals surface area contributed by atoms with Crippen LogP contribution >= 0.6 is 0 Å². The van der Waals surface area contributed by atoms with Gasteiger partial charge in [0.15, 0.2) is 0 Å². The monoisotopic (exact) mass is 499 g/mol. The van der Waals surface area contributed by atoms with Crippen molar-refractivity contribution >= 4 is 23.4 Å². The van der Waals surface area contributed by atoms with E-state index in [1.807, 2.05) is 31.2 Å². The average Bonchev–Trinajstić information content (AvgIpc) is 3.13. The molecule has 4 rings (SSSR count). The number of Topliss-reactive ketones (excluding diaryl/α,β-unsaturated/α-hetero) is 1. The Kier molecular flexibility index (Phi) is 7.43. The predicted octanol–water partition coefficient (Wildman–Crippen LogP) is 5.19. The largest absolute Gasteiger partial charge is 0.507 e. The van der Waals surface area contributed by atoms with Crippen molar-refractivity contribution in [3.05, 3.63) is 106 Å². The normalized spacial score (nSPS) is 16.8. The minimum absolute atomic E-state index is 0.0148. The number of ether oxygens (including phenoxy) is 2. The summed E-state index contributed by atoms with van der Waals surface area (Å²) in [6, 6.07) is 20.1. The molecule has 0 bridgehead atoms. The third kappa shape index (κ3) is 5.40. The van der Waals surface area contributed by atoms with Gasteiger partial charge >= 0.3 is 5.97 Å². The molecule has 0 saturated carbocycles. The smallest absolute Gasteiger partial charge is 0.338 e. The molecule has 1 fully saturated rings. The van der Waals surface area contributed by atoms with Crippen LogP contribution in [0.3, 0.4) is 0 Å². The number of hydrogen-bond acceptors (Lipinski definition) is 6. The molecule has 0 aromatic heterocycles. The molecule has 0 aliphatic carbocycles. The fourth-order valence-corrected chi connectivity index (χ4v) is 4.38. The van der Waals surface area contributed by atoms with Crippen LogP contribution in [0.4, 0.5) is 0 Å². The number of carbonyl (C=O) groups excluding carboxylic acids is 3. The average molecular weight is 500 g/mol. The summed E-state index contributed by atoms with van der Waals surface area (Å²) in [6.45, 7) is 5.59. The van der Waals surface area contributed by atoms with Crippen LogP contribution in [-0.2, 0) is 20.9 Å². The summed E-state index contributed by atoms with van der Waals surface area (Å²) in [5.74, 6) is -1.65. The van der Waals surface area contributed by atoms with Gasteiger partial charge in [-0.15, -0.1) is 0 Å². The van der Waals surface area contributed by atoms with E-state index in [-0.39, 0.29) is 24.0 Å². The van der Waals surface area contributed by atoms with Crippen molar-refractivity contribution in [1.29, 1.82) is 0 Å². The maximum Gasteiger partial charge on any atom is 0.338 e. The molecule has 190 valence electrons. The van der Waals surface area contributed by atoms with Crippen LogP contribution in [0.1, 0.15) is 52.5 Å². The van der Waals surface area contributed by atoms with Gasteiger partial charge in [0.25, 0.3) is 11.7 Å². The fraction of sp³-hybridized carbons (Fsp3) is 0.233. The number of rotatable bonds is 7. The number of ketones is 1. The molecule has 1 N–H and O–H groups in total. The summed E-state index contributed by atoms with van der Waals surface area (Å²) in [5.41, 5.74) is 3.18. The topological polar surface area (TPSA) is 93.1 Å². The number of amides is 1. The zero-order chi connectivity index (χ0) is 26.7. The van der Waals surface area contributed by atoms with Crippen LogP contribution < -0.4 is 4.74 Å². The van der Waals surface area contributed by atoms with Gasteiger partial charge in [-0.05, 0) is 56.2 Å². The van der Waals surface area contributed by atoms with Gasteiger partial charge in [-0.25, -0.2) is 4.79 Å². The third-order valence-electron chi connectivity index (χ3n) is 6.13. The first-order chi connectivity index (χ1) is 17.7. The quantitative estimate of drug-likeness (QED) is 0.208. The Labute approximate surface area is 215 Å². The minimum atomic E-state index is -0.795. The number of aliphatic hydroxyl groups is 1. The van der Waals surface area contributed by atoms with Crippen molar-refractivity contribution in [3.8, 4) is 5.75 Å². The van der Waals surface area contributed by atoms with Gasteiger partial charge in [0.1, 0.15) is 11.5 Å². The molecular formula is C30H29NO6. The molecular weight excluding hydrogens is 470 g/mol. The number of aryl methyl sites for hydroxylation is 1. The standard InChI is InChI=1S/C30H29NO6/c1-18(2)37-30(35)21-13-11-20(12-14-21)17-31-26(22-8-5-7-19(3)15-22)25(28(33)29(31)34)27(32)23-9-6-10-24(16-23)36-4/h5-16,18,26,32H,17H2,1-4H3/b27-25+. The molecule has 1 aliphatic heterocycles. The van der Waals surface area contributed by atoms with E-state index < -0.39 is 23.7 Å². The Morgan fingerprint density at radius 1 is 0.973 bits per heavy atom. The molecule has 1 amide bonds. The van der Waals surface area contributed by atoms with E-state index >= 15 is 0 Å². The second kappa shape index (κ2) is 10.7. The van der Waals surface area contributed by atoms with Crippen LogP contribution in [0, 0.1) is 6.92 Å². The highest BCUT2D eigenvalue weighted by molar-refractivity contribution is 6.46. The molecule has 7 nitrogen and oxygen atoms in total. The lowest BCUT2D eigenvalue weighted by atomic mass is 9.94. The number of likely N-dealkylation sites (tertiary alicyclic amines) is 1. The molecule has 1 heterocycles. The highest BCUT2D eigenvalue weighted by atomic mass is 16.5. The maximum atomic E-state index is 13.3. The molecule has 0 spiro atoms. The second-order valence-electron chi connectivity index (χ2n) is 9.22. The zero-order valence-corrected chi connectivity index (χ0v) is 21.2. The number of methoxy groups -OCH3 is 1. The van der Waals surface area contributed by atoms with Gasteiger partial charge in [0, 0.05) is 12.1 Å². The minimum Gasteiger partial charge on any atom is -0.507 e. The molecule has 0 radical (unpaired) electrons. The SMILES string of the molecule is COc1cccc(/C(O)=C2\C(=O)C(=O)N(Cc3ccc(C(=O)OC(C)C)cc3)C2c2cccc(C)c2)c1. The highest BCUT2D eigenvalue weighted by Gasteiger charge is 2.46. The van der Waals surface area contributed by atoms with Crippen LogP contribution in [0.25, 0.3) is 5.76 Å². The van der Waals surface area contributed by atoms with Crippen LogP contribution in [0.15, 0.2) is 78.4 Å². The molecule has 3 aromatic carbocycles. The lowest BCUT2D eigenvalue weighted by molar-refractivity contribution is -0.140. The molecule has 1 atom stereocenters. The summed E-state index contributed by atoms with van der Waals surface area (Å²) in [6.07, 6.45) is -0.238. The zero-order valence-electron chi connectivity index (χ0n) is 21.2. The summed E-state index contributed by atoms with van der Waals surface area (Å²) >= 11 is 0. The maximum absolute atomic E-state index is 13.3. The number of esters is 1. The van der Waals surface area contributed by atoms with Crippen LogP contribution in [-0.4, -0.2) is 40.9 Å². The summed E-state index contributed by atoms with van der Waals surface area (Å²) < 4.78 is 10.5. The van der Waals surface area contributed by atoms with Crippen molar-refractivity contribution in [1.82, 2.24) is 4.90 Å². The van der Waals surface area contributed by atoms with E-state index in [4.69, 9.17) is 9.47 Å². The molecule has 1 unspecified atom stereocenters. The Bertz CT molecular complexity index is 1370. The van der Waals surface area contributed by atoms with Gasteiger partial charge in [-0.3, -0.25) is 9.59 Å². The van der Waals surface area contributed by atoms with E-state index in [2.05, 4.69) is 0 Å². The number of aliphatic hydroxyl groups excluding tert-OH is 1. The van der Waals surface area contributed by atoms with Crippen molar-refractivity contribution < 1.29 is 29.0 Å². The van der Waals surface area contributed by atoms with Gasteiger partial charge in [-0.1, -0.05) is 54.1 Å². The van der Waals surface area contributed by atoms with E-state index in [1.54, 1.807) is 62.4 Å². The van der Waals surface area contributed by atoms with E-state index in [0.29, 0.717) is 22.4 Å². The Balaban J connectivity index is 1.75. The molecule has 37 heavy (non-hydrogen) atoms. The van der Waals surface area contributed by atoms with Crippen molar-refractivity contribution in [2.24, 2.45) is 0 Å². The van der Waals surface area contributed by atoms with Crippen molar-refractivity contribution in [3.63, 3.8) is 0 Å². The van der Waals surface area contributed by atoms with Gasteiger partial charge < -0.3 is 19.5 Å². The van der Waals surface area contributed by atoms with E-state index in [9.17, 15) is 19.5 Å². The van der Waals surface area contributed by atoms with E-state index in [1.165, 1.54) is 12.0 Å². The lowest BCUT2D eigenvalue weighted by Gasteiger charge is -2.26. The first kappa shape index (κ1) is 25.7. The first-order valence-corrected chi connectivity index (χ1v) is 12.0. The molecule has 1 saturated heterocycles. The van der Waals surface area contributed by atoms with E-state index in [0.717, 1.165) is 11.1 Å². The number of benzene rings is 3. The second-order valence-corrected chi connectivity index (χ2v) is 9.22. The molecule has 1 aliphatic rings. The molecule has 7 heteroatoms. The lowest BCUT2D eigenvalue weighted by Crippen LogP contribution is -2.29.